The lowest BCUT2D eigenvalue weighted by Gasteiger charge is -2.11. The highest BCUT2D eigenvalue weighted by Gasteiger charge is 2.22. The highest BCUT2D eigenvalue weighted by atomic mass is 16.4. The summed E-state index contributed by atoms with van der Waals surface area (Å²) in [5.74, 6) is -0.548. The van der Waals surface area contributed by atoms with Crippen molar-refractivity contribution in [3.8, 4) is 0 Å². The Balaban J connectivity index is 2.15. The average Bonchev–Trinajstić information content (AvgIpc) is 2.63. The smallest absolute Gasteiger partial charge is 0.303 e. The van der Waals surface area contributed by atoms with Gasteiger partial charge in [-0.25, -0.2) is 0 Å². The number of carboxylic acid groups (broad SMARTS) is 1. The van der Waals surface area contributed by atoms with E-state index in [-0.39, 0.29) is 12.3 Å². The Bertz CT molecular complexity index is 571. The molecule has 2 aromatic rings. The number of nitrogens with one attached hydrogen (secondary N) is 1. The molecule has 0 radical (unpaired) electrons. The van der Waals surface area contributed by atoms with Gasteiger partial charge in [-0.1, -0.05) is 12.1 Å². The van der Waals surface area contributed by atoms with Crippen molar-refractivity contribution in [2.75, 3.05) is 0 Å². The van der Waals surface area contributed by atoms with Crippen LogP contribution in [0, 0.1) is 0 Å². The lowest BCUT2D eigenvalue weighted by molar-refractivity contribution is -0.137. The van der Waals surface area contributed by atoms with Crippen LogP contribution < -0.4 is 0 Å². The first-order valence-electron chi connectivity index (χ1n) is 6.06. The summed E-state index contributed by atoms with van der Waals surface area (Å²) in [4.78, 5) is 14.2. The van der Waals surface area contributed by atoms with Gasteiger partial charge in [0.05, 0.1) is 6.42 Å². The SMILES string of the molecule is O=C(O)CC1CCCc2cccc3[nH]cc1c23. The molecule has 0 amide bonds. The number of aromatic nitrogens is 1. The van der Waals surface area contributed by atoms with Crippen molar-refractivity contribution in [2.24, 2.45) is 0 Å². The summed E-state index contributed by atoms with van der Waals surface area (Å²) >= 11 is 0. The van der Waals surface area contributed by atoms with Gasteiger partial charge < -0.3 is 10.1 Å². The summed E-state index contributed by atoms with van der Waals surface area (Å²) < 4.78 is 0. The van der Waals surface area contributed by atoms with E-state index in [9.17, 15) is 4.79 Å². The van der Waals surface area contributed by atoms with Crippen molar-refractivity contribution in [3.63, 3.8) is 0 Å². The van der Waals surface area contributed by atoms with E-state index in [4.69, 9.17) is 5.11 Å². The van der Waals surface area contributed by atoms with Crippen LogP contribution in [-0.4, -0.2) is 16.1 Å². The summed E-state index contributed by atoms with van der Waals surface area (Å²) in [5, 5.41) is 10.2. The molecule has 2 N–H and O–H groups in total. The van der Waals surface area contributed by atoms with E-state index < -0.39 is 5.97 Å². The number of hydrogen-bond donors (Lipinski definition) is 2. The molecule has 0 saturated heterocycles. The van der Waals surface area contributed by atoms with Gasteiger partial charge in [0.1, 0.15) is 0 Å². The van der Waals surface area contributed by atoms with Gasteiger partial charge in [-0.3, -0.25) is 4.79 Å². The second-order valence-electron chi connectivity index (χ2n) is 4.77. The number of benzene rings is 1. The van der Waals surface area contributed by atoms with Gasteiger partial charge in [0.15, 0.2) is 0 Å². The molecule has 1 aliphatic rings. The van der Waals surface area contributed by atoms with E-state index in [1.54, 1.807) is 0 Å². The standard InChI is InChI=1S/C14H15NO2/c16-13(17)7-10-5-1-3-9-4-2-6-12-14(9)11(10)8-15-12/h2,4,6,8,10,15H,1,3,5,7H2,(H,16,17). The normalized spacial score (nSPS) is 19.2. The summed E-state index contributed by atoms with van der Waals surface area (Å²) in [5.41, 5.74) is 3.68. The first-order valence-corrected chi connectivity index (χ1v) is 6.06. The Labute approximate surface area is 99.5 Å². The highest BCUT2D eigenvalue weighted by Crippen LogP contribution is 2.37. The third kappa shape index (κ3) is 1.71. The van der Waals surface area contributed by atoms with Gasteiger partial charge in [0.25, 0.3) is 0 Å². The van der Waals surface area contributed by atoms with Crippen LogP contribution in [0.1, 0.15) is 36.3 Å². The van der Waals surface area contributed by atoms with E-state index in [2.05, 4.69) is 23.2 Å². The number of carboxylic acids is 1. The third-order valence-corrected chi connectivity index (χ3v) is 3.68. The maximum Gasteiger partial charge on any atom is 0.303 e. The molecule has 0 bridgehead atoms. The fourth-order valence-electron chi connectivity index (χ4n) is 2.94. The largest absolute Gasteiger partial charge is 0.481 e. The minimum absolute atomic E-state index is 0.157. The van der Waals surface area contributed by atoms with Crippen LogP contribution in [0.5, 0.6) is 0 Å². The fraction of sp³-hybridized carbons (Fsp3) is 0.357. The van der Waals surface area contributed by atoms with Crippen molar-refractivity contribution >= 4 is 16.9 Å². The molecule has 0 aliphatic heterocycles. The zero-order chi connectivity index (χ0) is 11.8. The molecule has 1 aliphatic carbocycles. The van der Waals surface area contributed by atoms with Crippen LogP contribution in [0.2, 0.25) is 0 Å². The third-order valence-electron chi connectivity index (χ3n) is 3.68. The summed E-state index contributed by atoms with van der Waals surface area (Å²) in [6.45, 7) is 0. The van der Waals surface area contributed by atoms with Gasteiger partial charge in [-0.15, -0.1) is 0 Å². The Morgan fingerprint density at radius 3 is 3.18 bits per heavy atom. The summed E-state index contributed by atoms with van der Waals surface area (Å²) in [6.07, 6.45) is 5.33. The van der Waals surface area contributed by atoms with Crippen molar-refractivity contribution in [1.29, 1.82) is 0 Å². The van der Waals surface area contributed by atoms with E-state index in [1.807, 2.05) is 6.20 Å². The molecule has 3 heteroatoms. The van der Waals surface area contributed by atoms with Crippen molar-refractivity contribution in [2.45, 2.75) is 31.6 Å². The van der Waals surface area contributed by atoms with Crippen LogP contribution in [0.4, 0.5) is 0 Å². The van der Waals surface area contributed by atoms with Gasteiger partial charge in [-0.2, -0.15) is 0 Å². The van der Waals surface area contributed by atoms with E-state index in [1.165, 1.54) is 16.5 Å². The monoisotopic (exact) mass is 229 g/mol. The molecule has 1 aromatic heterocycles. The predicted octanol–water partition coefficient (Wildman–Crippen LogP) is 3.06. The number of aromatic amines is 1. The zero-order valence-electron chi connectivity index (χ0n) is 9.57. The molecular weight excluding hydrogens is 214 g/mol. The lowest BCUT2D eigenvalue weighted by Crippen LogP contribution is -2.05. The van der Waals surface area contributed by atoms with Crippen LogP contribution in [0.15, 0.2) is 24.4 Å². The zero-order valence-corrected chi connectivity index (χ0v) is 9.57. The van der Waals surface area contributed by atoms with Gasteiger partial charge in [0, 0.05) is 17.1 Å². The molecule has 1 unspecified atom stereocenters. The number of aryl methyl sites for hydroxylation is 1. The molecule has 0 saturated carbocycles. The molecule has 0 spiro atoms. The predicted molar refractivity (Wildman–Crippen MR) is 66.2 cm³/mol. The van der Waals surface area contributed by atoms with E-state index in [0.717, 1.165) is 24.8 Å². The molecule has 1 atom stereocenters. The number of rotatable bonds is 2. The minimum atomic E-state index is -0.705. The van der Waals surface area contributed by atoms with E-state index in [0.29, 0.717) is 0 Å². The highest BCUT2D eigenvalue weighted by molar-refractivity contribution is 5.88. The Morgan fingerprint density at radius 2 is 2.35 bits per heavy atom. The topological polar surface area (TPSA) is 53.1 Å². The van der Waals surface area contributed by atoms with Crippen molar-refractivity contribution in [3.05, 3.63) is 35.5 Å². The molecule has 1 aromatic carbocycles. The number of H-pyrrole nitrogens is 1. The molecule has 3 rings (SSSR count). The lowest BCUT2D eigenvalue weighted by atomic mass is 9.93. The maximum absolute atomic E-state index is 10.9. The molecule has 3 nitrogen and oxygen atoms in total. The Kier molecular flexibility index (Phi) is 2.39. The Morgan fingerprint density at radius 1 is 1.47 bits per heavy atom. The molecule has 17 heavy (non-hydrogen) atoms. The van der Waals surface area contributed by atoms with Crippen LogP contribution in [0.25, 0.3) is 10.9 Å². The van der Waals surface area contributed by atoms with Crippen molar-refractivity contribution in [1.82, 2.24) is 4.98 Å². The molecular formula is C14H15NO2. The number of carbonyl (C=O) groups is 1. The minimum Gasteiger partial charge on any atom is -0.481 e. The van der Waals surface area contributed by atoms with Gasteiger partial charge in [0.2, 0.25) is 0 Å². The fourth-order valence-corrected chi connectivity index (χ4v) is 2.94. The number of hydrogen-bond acceptors (Lipinski definition) is 1. The van der Waals surface area contributed by atoms with E-state index >= 15 is 0 Å². The maximum atomic E-state index is 10.9. The summed E-state index contributed by atoms with van der Waals surface area (Å²) in [7, 11) is 0. The second-order valence-corrected chi connectivity index (χ2v) is 4.77. The van der Waals surface area contributed by atoms with Gasteiger partial charge in [-0.05, 0) is 42.4 Å². The van der Waals surface area contributed by atoms with Crippen LogP contribution in [-0.2, 0) is 11.2 Å². The summed E-state index contributed by atoms with van der Waals surface area (Å²) in [6, 6.07) is 6.28. The first-order chi connectivity index (χ1) is 8.25. The molecule has 1 heterocycles. The Hall–Kier alpha value is -1.77. The molecule has 88 valence electrons. The van der Waals surface area contributed by atoms with Crippen LogP contribution >= 0.6 is 0 Å². The molecule has 0 fully saturated rings. The first kappa shape index (κ1) is 10.4. The van der Waals surface area contributed by atoms with Gasteiger partial charge >= 0.3 is 5.97 Å². The average molecular weight is 229 g/mol. The number of aliphatic carboxylic acids is 1. The van der Waals surface area contributed by atoms with Crippen LogP contribution in [0.3, 0.4) is 0 Å². The van der Waals surface area contributed by atoms with Crippen molar-refractivity contribution < 1.29 is 9.90 Å². The second kappa shape index (κ2) is 3.91. The quantitative estimate of drug-likeness (QED) is 0.831.